The minimum absolute atomic E-state index is 0.183. The first-order valence-electron chi connectivity index (χ1n) is 8.30. The number of primary amides is 1. The van der Waals surface area contributed by atoms with E-state index >= 15 is 0 Å². The molecule has 26 heavy (non-hydrogen) atoms. The van der Waals surface area contributed by atoms with E-state index in [0.717, 1.165) is 44.1 Å². The van der Waals surface area contributed by atoms with Gasteiger partial charge in [0, 0.05) is 38.9 Å². The average Bonchev–Trinajstić information content (AvgIpc) is 2.62. The number of halogens is 2. The molecule has 1 aromatic heterocycles. The molecule has 2 aromatic rings. The van der Waals surface area contributed by atoms with E-state index in [1.165, 1.54) is 0 Å². The molecule has 0 bridgehead atoms. The molecule has 1 amide bonds. The van der Waals surface area contributed by atoms with Gasteiger partial charge in [-0.3, -0.25) is 9.69 Å². The Morgan fingerprint density at radius 3 is 2.58 bits per heavy atom. The summed E-state index contributed by atoms with van der Waals surface area (Å²) in [6.07, 6.45) is 1.76. The summed E-state index contributed by atoms with van der Waals surface area (Å²) in [6.45, 7) is 4.15. The first-order chi connectivity index (χ1) is 12.5. The van der Waals surface area contributed by atoms with Crippen molar-refractivity contribution in [3.05, 3.63) is 52.1 Å². The highest BCUT2D eigenvalue weighted by molar-refractivity contribution is 6.33. The van der Waals surface area contributed by atoms with Crippen molar-refractivity contribution < 1.29 is 9.53 Å². The van der Waals surface area contributed by atoms with Gasteiger partial charge in [-0.25, -0.2) is 4.98 Å². The molecule has 6 nitrogen and oxygen atoms in total. The summed E-state index contributed by atoms with van der Waals surface area (Å²) in [5, 5.41) is 1.15. The molecule has 0 saturated carbocycles. The summed E-state index contributed by atoms with van der Waals surface area (Å²) in [5.74, 6) is 0.771. The highest BCUT2D eigenvalue weighted by Crippen LogP contribution is 2.27. The Morgan fingerprint density at radius 1 is 1.15 bits per heavy atom. The minimum atomic E-state index is -0.531. The van der Waals surface area contributed by atoms with Crippen molar-refractivity contribution in [2.24, 2.45) is 5.73 Å². The highest BCUT2D eigenvalue weighted by Gasteiger charge is 2.20. The molecular weight excluding hydrogens is 375 g/mol. The summed E-state index contributed by atoms with van der Waals surface area (Å²) in [4.78, 5) is 19.7. The van der Waals surface area contributed by atoms with Crippen LogP contribution in [0.4, 0.5) is 5.82 Å². The van der Waals surface area contributed by atoms with Crippen molar-refractivity contribution in [1.29, 1.82) is 0 Å². The molecule has 8 heteroatoms. The number of ether oxygens (including phenoxy) is 1. The number of nitrogens with zero attached hydrogens (tertiary/aromatic N) is 3. The first kappa shape index (κ1) is 18.8. The van der Waals surface area contributed by atoms with Crippen LogP contribution in [0.25, 0.3) is 0 Å². The van der Waals surface area contributed by atoms with E-state index in [9.17, 15) is 4.79 Å². The Morgan fingerprint density at radius 2 is 1.92 bits per heavy atom. The van der Waals surface area contributed by atoms with Gasteiger partial charge in [-0.05, 0) is 29.8 Å². The van der Waals surface area contributed by atoms with Crippen LogP contribution in [0.5, 0.6) is 5.75 Å². The molecule has 1 aromatic carbocycles. The van der Waals surface area contributed by atoms with Crippen molar-refractivity contribution in [3.63, 3.8) is 0 Å². The van der Waals surface area contributed by atoms with Crippen LogP contribution in [0.3, 0.4) is 0 Å². The number of rotatable bonds is 6. The summed E-state index contributed by atoms with van der Waals surface area (Å²) < 4.78 is 5.27. The van der Waals surface area contributed by atoms with Gasteiger partial charge in [0.1, 0.15) is 11.6 Å². The van der Waals surface area contributed by atoms with E-state index in [-0.39, 0.29) is 6.61 Å². The van der Waals surface area contributed by atoms with Crippen molar-refractivity contribution in [1.82, 2.24) is 9.88 Å². The maximum Gasteiger partial charge on any atom is 0.255 e. The van der Waals surface area contributed by atoms with Crippen LogP contribution in [0.2, 0.25) is 10.0 Å². The van der Waals surface area contributed by atoms with Gasteiger partial charge in [-0.15, -0.1) is 0 Å². The average molecular weight is 395 g/mol. The van der Waals surface area contributed by atoms with E-state index < -0.39 is 5.91 Å². The zero-order chi connectivity index (χ0) is 18.5. The van der Waals surface area contributed by atoms with Crippen LogP contribution >= 0.6 is 23.2 Å². The molecule has 1 fully saturated rings. The summed E-state index contributed by atoms with van der Waals surface area (Å²) in [6, 6.07) is 9.28. The van der Waals surface area contributed by atoms with Crippen LogP contribution < -0.4 is 15.4 Å². The second-order valence-corrected chi connectivity index (χ2v) is 6.91. The van der Waals surface area contributed by atoms with Gasteiger partial charge in [-0.1, -0.05) is 29.3 Å². The Balaban J connectivity index is 1.55. The molecule has 1 aliphatic rings. The van der Waals surface area contributed by atoms with Crippen molar-refractivity contribution in [2.45, 2.75) is 6.54 Å². The molecule has 1 saturated heterocycles. The van der Waals surface area contributed by atoms with E-state index in [4.69, 9.17) is 33.7 Å². The second-order valence-electron chi connectivity index (χ2n) is 6.09. The lowest BCUT2D eigenvalue weighted by atomic mass is 10.2. The van der Waals surface area contributed by atoms with Gasteiger partial charge >= 0.3 is 0 Å². The number of carbonyl (C=O) groups excluding carboxylic acids is 1. The van der Waals surface area contributed by atoms with E-state index in [1.807, 2.05) is 24.3 Å². The molecule has 0 unspecified atom stereocenters. The molecule has 138 valence electrons. The van der Waals surface area contributed by atoms with Gasteiger partial charge in [-0.2, -0.15) is 0 Å². The van der Waals surface area contributed by atoms with Crippen LogP contribution in [0, 0.1) is 0 Å². The molecule has 2 N–H and O–H groups in total. The maximum atomic E-state index is 10.8. The molecule has 2 heterocycles. The quantitative estimate of drug-likeness (QED) is 0.814. The molecule has 0 radical (unpaired) electrons. The predicted octanol–water partition coefficient (Wildman–Crippen LogP) is 2.57. The lowest BCUT2D eigenvalue weighted by molar-refractivity contribution is -0.119. The van der Waals surface area contributed by atoms with E-state index in [0.29, 0.717) is 15.8 Å². The largest absolute Gasteiger partial charge is 0.482 e. The summed E-state index contributed by atoms with van der Waals surface area (Å²) in [7, 11) is 0. The zero-order valence-electron chi connectivity index (χ0n) is 14.2. The molecule has 0 aliphatic carbocycles. The zero-order valence-corrected chi connectivity index (χ0v) is 15.7. The number of benzene rings is 1. The molecule has 1 aliphatic heterocycles. The van der Waals surface area contributed by atoms with Crippen LogP contribution in [0.15, 0.2) is 36.5 Å². The number of anilines is 1. The predicted molar refractivity (Wildman–Crippen MR) is 103 cm³/mol. The maximum absolute atomic E-state index is 10.8. The third-order valence-electron chi connectivity index (χ3n) is 4.18. The van der Waals surface area contributed by atoms with Gasteiger partial charge < -0.3 is 15.4 Å². The fourth-order valence-electron chi connectivity index (χ4n) is 2.89. The van der Waals surface area contributed by atoms with Gasteiger partial charge in [0.05, 0.1) is 10.0 Å². The van der Waals surface area contributed by atoms with Crippen LogP contribution in [-0.4, -0.2) is 48.6 Å². The molecule has 0 spiro atoms. The van der Waals surface area contributed by atoms with Gasteiger partial charge in [0.15, 0.2) is 6.61 Å². The smallest absolute Gasteiger partial charge is 0.255 e. The third-order valence-corrected chi connectivity index (χ3v) is 4.77. The Bertz CT molecular complexity index is 780. The van der Waals surface area contributed by atoms with Gasteiger partial charge in [0.25, 0.3) is 5.91 Å². The number of carbonyl (C=O) groups is 1. The number of amides is 1. The SMILES string of the molecule is NC(=O)COc1ccc(CN2CCN(c3ncccc3Cl)CC2)cc1Cl. The van der Waals surface area contributed by atoms with Crippen molar-refractivity contribution in [3.8, 4) is 5.75 Å². The summed E-state index contributed by atoms with van der Waals surface area (Å²) >= 11 is 12.5. The standard InChI is InChI=1S/C18H20Cl2N4O2/c19-14-2-1-5-22-18(14)24-8-6-23(7-9-24)11-13-3-4-16(15(20)10-13)26-12-17(21)25/h1-5,10H,6-9,11-12H2,(H2,21,25). The van der Waals surface area contributed by atoms with Gasteiger partial charge in [0.2, 0.25) is 0 Å². The number of hydrogen-bond acceptors (Lipinski definition) is 5. The number of aromatic nitrogens is 1. The highest BCUT2D eigenvalue weighted by atomic mass is 35.5. The Hall–Kier alpha value is -2.02. The minimum Gasteiger partial charge on any atom is -0.482 e. The topological polar surface area (TPSA) is 71.7 Å². The lowest BCUT2D eigenvalue weighted by Crippen LogP contribution is -2.46. The number of hydrogen-bond donors (Lipinski definition) is 1. The lowest BCUT2D eigenvalue weighted by Gasteiger charge is -2.35. The van der Waals surface area contributed by atoms with Crippen molar-refractivity contribution in [2.75, 3.05) is 37.7 Å². The number of pyridine rings is 1. The van der Waals surface area contributed by atoms with E-state index in [1.54, 1.807) is 12.3 Å². The fourth-order valence-corrected chi connectivity index (χ4v) is 3.39. The molecule has 3 rings (SSSR count). The number of piperazine rings is 1. The van der Waals surface area contributed by atoms with Crippen LogP contribution in [-0.2, 0) is 11.3 Å². The fraction of sp³-hybridized carbons (Fsp3) is 0.333. The monoisotopic (exact) mass is 394 g/mol. The molecule has 0 atom stereocenters. The van der Waals surface area contributed by atoms with E-state index in [2.05, 4.69) is 14.8 Å². The first-order valence-corrected chi connectivity index (χ1v) is 9.06. The number of nitrogens with two attached hydrogens (primary N) is 1. The van der Waals surface area contributed by atoms with Crippen molar-refractivity contribution >= 4 is 34.9 Å². The second kappa shape index (κ2) is 8.58. The normalized spacial score (nSPS) is 15.1. The molecular formula is C18H20Cl2N4O2. The third kappa shape index (κ3) is 4.78. The Labute approximate surface area is 162 Å². The van der Waals surface area contributed by atoms with Crippen LogP contribution in [0.1, 0.15) is 5.56 Å². The Kier molecular flexibility index (Phi) is 6.19. The summed E-state index contributed by atoms with van der Waals surface area (Å²) in [5.41, 5.74) is 6.16.